The number of rotatable bonds is 3. The lowest BCUT2D eigenvalue weighted by Crippen LogP contribution is -2.15. The lowest BCUT2D eigenvalue weighted by Gasteiger charge is -2.10. The van der Waals surface area contributed by atoms with Crippen LogP contribution in [-0.2, 0) is 0 Å². The maximum absolute atomic E-state index is 13.7. The van der Waals surface area contributed by atoms with E-state index in [1.807, 2.05) is 0 Å². The molecule has 0 unspecified atom stereocenters. The standard InChI is InChI=1S/C14H13BrFN3O/c1-8-6-10(19-17)3-4-11(8)14(20)18-13-5-2-9(15)7-12(13)16/h2-7,19H,17H2,1H3,(H,18,20). The highest BCUT2D eigenvalue weighted by Gasteiger charge is 2.12. The SMILES string of the molecule is Cc1cc(NN)ccc1C(=O)Nc1ccc(Br)cc1F. The molecular weight excluding hydrogens is 325 g/mol. The van der Waals surface area contributed by atoms with Gasteiger partial charge in [-0.15, -0.1) is 0 Å². The molecule has 4 nitrogen and oxygen atoms in total. The minimum absolute atomic E-state index is 0.138. The lowest BCUT2D eigenvalue weighted by atomic mass is 10.1. The van der Waals surface area contributed by atoms with Gasteiger partial charge in [-0.1, -0.05) is 15.9 Å². The molecule has 0 aliphatic heterocycles. The Kier molecular flexibility index (Phi) is 4.36. The molecule has 2 aromatic carbocycles. The van der Waals surface area contributed by atoms with Crippen LogP contribution in [0.1, 0.15) is 15.9 Å². The van der Waals surface area contributed by atoms with E-state index in [0.29, 0.717) is 15.7 Å². The molecule has 2 rings (SSSR count). The number of amides is 1. The third-order valence-corrected chi connectivity index (χ3v) is 3.31. The van der Waals surface area contributed by atoms with Crippen molar-refractivity contribution in [3.8, 4) is 0 Å². The molecule has 1 amide bonds. The Morgan fingerprint density at radius 2 is 2.00 bits per heavy atom. The first-order valence-corrected chi connectivity index (χ1v) is 6.64. The van der Waals surface area contributed by atoms with Crippen molar-refractivity contribution in [3.05, 3.63) is 57.8 Å². The Hall–Kier alpha value is -1.92. The Bertz CT molecular complexity index is 661. The molecule has 0 atom stereocenters. The van der Waals surface area contributed by atoms with Crippen LogP contribution in [0.15, 0.2) is 40.9 Å². The molecule has 0 aliphatic rings. The molecule has 2 aromatic rings. The Morgan fingerprint density at radius 1 is 1.25 bits per heavy atom. The quantitative estimate of drug-likeness (QED) is 0.593. The summed E-state index contributed by atoms with van der Waals surface area (Å²) in [7, 11) is 0. The van der Waals surface area contributed by atoms with Crippen LogP contribution >= 0.6 is 15.9 Å². The van der Waals surface area contributed by atoms with Crippen LogP contribution in [0, 0.1) is 12.7 Å². The summed E-state index contributed by atoms with van der Waals surface area (Å²) in [5.74, 6) is 4.43. The van der Waals surface area contributed by atoms with Crippen LogP contribution in [-0.4, -0.2) is 5.91 Å². The first-order valence-electron chi connectivity index (χ1n) is 5.85. The number of anilines is 2. The molecule has 0 radical (unpaired) electrons. The Balaban J connectivity index is 2.24. The number of carbonyl (C=O) groups excluding carboxylic acids is 1. The minimum atomic E-state index is -0.495. The second kappa shape index (κ2) is 6.02. The molecule has 0 bridgehead atoms. The average Bonchev–Trinajstić information content (AvgIpc) is 2.41. The van der Waals surface area contributed by atoms with E-state index in [-0.39, 0.29) is 11.6 Å². The monoisotopic (exact) mass is 337 g/mol. The summed E-state index contributed by atoms with van der Waals surface area (Å²) in [4.78, 5) is 12.1. The van der Waals surface area contributed by atoms with Crippen LogP contribution in [0.5, 0.6) is 0 Å². The molecule has 0 heterocycles. The average molecular weight is 338 g/mol. The van der Waals surface area contributed by atoms with E-state index in [9.17, 15) is 9.18 Å². The fourth-order valence-electron chi connectivity index (χ4n) is 1.79. The van der Waals surface area contributed by atoms with Gasteiger partial charge < -0.3 is 10.7 Å². The zero-order chi connectivity index (χ0) is 14.7. The third kappa shape index (κ3) is 3.15. The van der Waals surface area contributed by atoms with Gasteiger partial charge in [0.15, 0.2) is 0 Å². The van der Waals surface area contributed by atoms with Gasteiger partial charge in [0.05, 0.1) is 5.69 Å². The second-order valence-electron chi connectivity index (χ2n) is 4.25. The fraction of sp³-hybridized carbons (Fsp3) is 0.0714. The van der Waals surface area contributed by atoms with Gasteiger partial charge >= 0.3 is 0 Å². The zero-order valence-electron chi connectivity index (χ0n) is 10.7. The summed E-state index contributed by atoms with van der Waals surface area (Å²) in [6, 6.07) is 9.52. The smallest absolute Gasteiger partial charge is 0.256 e. The van der Waals surface area contributed by atoms with Crippen LogP contribution in [0.25, 0.3) is 0 Å². The molecular formula is C14H13BrFN3O. The topological polar surface area (TPSA) is 67.1 Å². The highest BCUT2D eigenvalue weighted by atomic mass is 79.9. The van der Waals surface area contributed by atoms with Crippen molar-refractivity contribution in [3.63, 3.8) is 0 Å². The van der Waals surface area contributed by atoms with E-state index in [0.717, 1.165) is 5.56 Å². The summed E-state index contributed by atoms with van der Waals surface area (Å²) in [5, 5.41) is 2.55. The van der Waals surface area contributed by atoms with E-state index in [1.54, 1.807) is 31.2 Å². The van der Waals surface area contributed by atoms with Gasteiger partial charge in [-0.25, -0.2) is 4.39 Å². The summed E-state index contributed by atoms with van der Waals surface area (Å²) in [5.41, 5.74) is 4.55. The first-order chi connectivity index (χ1) is 9.51. The van der Waals surface area contributed by atoms with Gasteiger partial charge in [-0.05, 0) is 48.9 Å². The number of hydrazine groups is 1. The molecule has 6 heteroatoms. The van der Waals surface area contributed by atoms with Crippen molar-refractivity contribution in [2.45, 2.75) is 6.92 Å². The minimum Gasteiger partial charge on any atom is -0.324 e. The van der Waals surface area contributed by atoms with Crippen molar-refractivity contribution < 1.29 is 9.18 Å². The number of hydrogen-bond donors (Lipinski definition) is 3. The normalized spacial score (nSPS) is 10.2. The van der Waals surface area contributed by atoms with Crippen molar-refractivity contribution in [2.75, 3.05) is 10.7 Å². The Labute approximate surface area is 124 Å². The number of hydrogen-bond acceptors (Lipinski definition) is 3. The molecule has 104 valence electrons. The van der Waals surface area contributed by atoms with E-state index in [4.69, 9.17) is 5.84 Å². The van der Waals surface area contributed by atoms with Gasteiger partial charge in [0.25, 0.3) is 5.91 Å². The number of nitrogens with two attached hydrogens (primary N) is 1. The third-order valence-electron chi connectivity index (χ3n) is 2.82. The number of benzene rings is 2. The van der Waals surface area contributed by atoms with Crippen LogP contribution in [0.2, 0.25) is 0 Å². The van der Waals surface area contributed by atoms with E-state index in [2.05, 4.69) is 26.7 Å². The maximum atomic E-state index is 13.7. The van der Waals surface area contributed by atoms with Crippen LogP contribution in [0.4, 0.5) is 15.8 Å². The number of nitrogens with one attached hydrogen (secondary N) is 2. The first kappa shape index (κ1) is 14.5. The van der Waals surface area contributed by atoms with Gasteiger partial charge in [0.1, 0.15) is 5.82 Å². The molecule has 0 fully saturated rings. The number of aryl methyl sites for hydroxylation is 1. The van der Waals surface area contributed by atoms with E-state index >= 15 is 0 Å². The predicted molar refractivity (Wildman–Crippen MR) is 81.0 cm³/mol. The summed E-state index contributed by atoms with van der Waals surface area (Å²) in [6.45, 7) is 1.79. The molecule has 0 saturated heterocycles. The van der Waals surface area contributed by atoms with Gasteiger partial charge in [-0.3, -0.25) is 10.6 Å². The van der Waals surface area contributed by atoms with Gasteiger partial charge in [0, 0.05) is 15.7 Å². The van der Waals surface area contributed by atoms with Gasteiger partial charge in [0.2, 0.25) is 0 Å². The molecule has 0 spiro atoms. The second-order valence-corrected chi connectivity index (χ2v) is 5.17. The largest absolute Gasteiger partial charge is 0.324 e. The van der Waals surface area contributed by atoms with Crippen molar-refractivity contribution in [1.82, 2.24) is 0 Å². The molecule has 0 aliphatic carbocycles. The zero-order valence-corrected chi connectivity index (χ0v) is 12.3. The summed E-state index contributed by atoms with van der Waals surface area (Å²) in [6.07, 6.45) is 0. The van der Waals surface area contributed by atoms with E-state index in [1.165, 1.54) is 12.1 Å². The number of halogens is 2. The lowest BCUT2D eigenvalue weighted by molar-refractivity contribution is 0.102. The molecule has 20 heavy (non-hydrogen) atoms. The highest BCUT2D eigenvalue weighted by molar-refractivity contribution is 9.10. The Morgan fingerprint density at radius 3 is 2.60 bits per heavy atom. The fourth-order valence-corrected chi connectivity index (χ4v) is 2.12. The van der Waals surface area contributed by atoms with Crippen molar-refractivity contribution in [1.29, 1.82) is 0 Å². The maximum Gasteiger partial charge on any atom is 0.256 e. The van der Waals surface area contributed by atoms with Crippen molar-refractivity contribution >= 4 is 33.2 Å². The van der Waals surface area contributed by atoms with Crippen LogP contribution in [0.3, 0.4) is 0 Å². The van der Waals surface area contributed by atoms with E-state index < -0.39 is 5.82 Å². The number of carbonyl (C=O) groups is 1. The highest BCUT2D eigenvalue weighted by Crippen LogP contribution is 2.21. The molecule has 0 aromatic heterocycles. The van der Waals surface area contributed by atoms with Gasteiger partial charge in [-0.2, -0.15) is 0 Å². The number of nitrogen functional groups attached to an aromatic ring is 1. The molecule has 0 saturated carbocycles. The van der Waals surface area contributed by atoms with Crippen LogP contribution < -0.4 is 16.6 Å². The summed E-state index contributed by atoms with van der Waals surface area (Å²) >= 11 is 3.16. The molecule has 4 N–H and O–H groups in total. The summed E-state index contributed by atoms with van der Waals surface area (Å²) < 4.78 is 14.3. The van der Waals surface area contributed by atoms with Crippen molar-refractivity contribution in [2.24, 2.45) is 5.84 Å². The predicted octanol–water partition coefficient (Wildman–Crippen LogP) is 3.43.